The Morgan fingerprint density at radius 3 is 1.14 bits per heavy atom. The molecule has 0 amide bonds. The van der Waals surface area contributed by atoms with Crippen LogP contribution in [0, 0.1) is 30.3 Å². The van der Waals surface area contributed by atoms with Crippen LogP contribution in [0.1, 0.15) is 34.3 Å². The summed E-state index contributed by atoms with van der Waals surface area (Å²) in [5.41, 5.74) is -2.68. The zero-order valence-electron chi connectivity index (χ0n) is 29.0. The third-order valence-electron chi connectivity index (χ3n) is 8.69. The second-order valence-corrected chi connectivity index (χ2v) is 18.0. The predicted octanol–water partition coefficient (Wildman–Crippen LogP) is 3.98. The van der Waals surface area contributed by atoms with E-state index >= 15 is 0 Å². The summed E-state index contributed by atoms with van der Waals surface area (Å²) in [6.07, 6.45) is -0.604. The van der Waals surface area contributed by atoms with E-state index in [0.29, 0.717) is 0 Å². The molecule has 0 atom stereocenters. The van der Waals surface area contributed by atoms with E-state index in [1.54, 1.807) is 0 Å². The highest BCUT2D eigenvalue weighted by atomic mass is 32.2. The average Bonchev–Trinajstić information content (AvgIpc) is 3.15. The molecule has 1 N–H and O–H groups in total. The van der Waals surface area contributed by atoms with Gasteiger partial charge in [-0.15, -0.1) is 0 Å². The maximum atomic E-state index is 14.2. The van der Waals surface area contributed by atoms with E-state index in [1.807, 2.05) is 0 Å². The van der Waals surface area contributed by atoms with Crippen molar-refractivity contribution >= 4 is 53.1 Å². The molecule has 5 rings (SSSR count). The minimum absolute atomic E-state index is 0.00606. The van der Waals surface area contributed by atoms with Crippen molar-refractivity contribution in [2.75, 3.05) is 26.2 Å². The fraction of sp³-hybridized carbons (Fsp3) is 0.242. The molecule has 0 fully saturated rings. The SMILES string of the molecule is O=C(O)c1cc2cc(c1)CN(S(=O)(=O)c1ccccc1[N+](=O)[O-])CCCN(S(=O)(=O)c1ccccc1[N+](=O)[O-])CCCN(S(=O)(=O)c1ccccc1[N+](=O)[O-])C2. The minimum Gasteiger partial charge on any atom is -0.478 e. The third-order valence-corrected chi connectivity index (χ3v) is 14.4. The molecule has 20 nitrogen and oxygen atoms in total. The van der Waals surface area contributed by atoms with Crippen LogP contribution >= 0.6 is 0 Å². The average molecular weight is 833 g/mol. The van der Waals surface area contributed by atoms with Crippen LogP contribution in [0.25, 0.3) is 0 Å². The molecule has 1 aliphatic heterocycles. The molecule has 23 heteroatoms. The van der Waals surface area contributed by atoms with Crippen molar-refractivity contribution in [2.45, 2.75) is 40.6 Å². The Labute approximate surface area is 319 Å². The lowest BCUT2D eigenvalue weighted by molar-refractivity contribution is -0.388. The maximum Gasteiger partial charge on any atom is 0.335 e. The Bertz CT molecular complexity index is 2430. The lowest BCUT2D eigenvalue weighted by Gasteiger charge is -2.28. The molecule has 0 spiro atoms. The zero-order valence-corrected chi connectivity index (χ0v) is 31.4. The molecule has 0 saturated carbocycles. The molecule has 0 unspecified atom stereocenters. The molecule has 0 saturated heterocycles. The fourth-order valence-electron chi connectivity index (χ4n) is 6.14. The number of carboxylic acids is 1. The van der Waals surface area contributed by atoms with Crippen molar-refractivity contribution in [1.29, 1.82) is 0 Å². The van der Waals surface area contributed by atoms with Gasteiger partial charge in [0.2, 0.25) is 30.1 Å². The third kappa shape index (κ3) is 8.72. The highest BCUT2D eigenvalue weighted by molar-refractivity contribution is 7.89. The number of fused-ring (bicyclic) bond motifs is 2. The number of hydrogen-bond donors (Lipinski definition) is 1. The number of nitro benzene ring substituents is 3. The van der Waals surface area contributed by atoms with Crippen molar-refractivity contribution in [3.8, 4) is 0 Å². The number of carbonyl (C=O) groups is 1. The van der Waals surface area contributed by atoms with Crippen LogP contribution in [0.5, 0.6) is 0 Å². The summed E-state index contributed by atoms with van der Waals surface area (Å²) in [5, 5.41) is 45.6. The first-order valence-electron chi connectivity index (χ1n) is 16.4. The smallest absolute Gasteiger partial charge is 0.335 e. The molecular formula is C33H32N6O14S3. The number of hydrogen-bond acceptors (Lipinski definition) is 13. The number of sulfonamides is 3. The van der Waals surface area contributed by atoms with Crippen LogP contribution in [0.3, 0.4) is 0 Å². The van der Waals surface area contributed by atoms with Gasteiger partial charge in [-0.1, -0.05) is 42.5 Å². The number of carboxylic acid groups (broad SMARTS) is 1. The summed E-state index contributed by atoms with van der Waals surface area (Å²) in [6.45, 7) is -3.21. The molecule has 0 radical (unpaired) electrons. The number of nitrogens with zero attached hydrogens (tertiary/aromatic N) is 6. The maximum absolute atomic E-state index is 14.2. The van der Waals surface area contributed by atoms with Crippen LogP contribution < -0.4 is 0 Å². The summed E-state index contributed by atoms with van der Waals surface area (Å²) in [6, 6.07) is 17.0. The van der Waals surface area contributed by atoms with E-state index in [9.17, 15) is 65.5 Å². The molecule has 296 valence electrons. The van der Waals surface area contributed by atoms with Crippen LogP contribution in [-0.2, 0) is 43.2 Å². The molecule has 0 aromatic heterocycles. The zero-order chi connectivity index (χ0) is 41.0. The van der Waals surface area contributed by atoms with Gasteiger partial charge in [-0.2, -0.15) is 12.9 Å². The molecular weight excluding hydrogens is 801 g/mol. The number of aromatic carboxylic acids is 1. The number of rotatable bonds is 10. The van der Waals surface area contributed by atoms with Gasteiger partial charge in [0.05, 0.1) is 20.3 Å². The first kappa shape index (κ1) is 41.4. The fourth-order valence-corrected chi connectivity index (χ4v) is 11.1. The summed E-state index contributed by atoms with van der Waals surface area (Å²) in [7, 11) is -14.3. The standard InChI is InChI=1S/C33H32N6O14S3/c40-33(41)26-20-24-19-25(21-26)23-36(56(52,53)32-14-6-3-11-29(32)39(46)47)18-8-16-34(54(48,49)30-12-4-1-9-27(30)37(42)43)15-7-17-35(22-24)55(50,51)31-13-5-2-10-28(31)38(44)45/h1-6,9-14,19-21H,7-8,15-18,22-23H2,(H,40,41). The molecule has 1 heterocycles. The van der Waals surface area contributed by atoms with Gasteiger partial charge in [0.1, 0.15) is 0 Å². The van der Waals surface area contributed by atoms with E-state index < -0.39 is 122 Å². The summed E-state index contributed by atoms with van der Waals surface area (Å²) in [5.74, 6) is -1.47. The van der Waals surface area contributed by atoms with Gasteiger partial charge in [-0.3, -0.25) is 30.3 Å². The van der Waals surface area contributed by atoms with Crippen molar-refractivity contribution in [2.24, 2.45) is 0 Å². The van der Waals surface area contributed by atoms with Crippen LogP contribution in [0.2, 0.25) is 0 Å². The normalized spacial score (nSPS) is 15.7. The van der Waals surface area contributed by atoms with Gasteiger partial charge in [-0.05, 0) is 54.3 Å². The van der Waals surface area contributed by atoms with Gasteiger partial charge in [0.25, 0.3) is 17.1 Å². The van der Waals surface area contributed by atoms with E-state index in [0.717, 1.165) is 61.4 Å². The van der Waals surface area contributed by atoms with E-state index in [2.05, 4.69) is 0 Å². The molecule has 4 aromatic carbocycles. The number of benzene rings is 4. The topological polar surface area (TPSA) is 279 Å². The Balaban J connectivity index is 1.69. The summed E-state index contributed by atoms with van der Waals surface area (Å²) in [4.78, 5) is 43.0. The van der Waals surface area contributed by atoms with Gasteiger partial charge in [0.15, 0.2) is 14.7 Å². The second kappa shape index (κ2) is 16.6. The predicted molar refractivity (Wildman–Crippen MR) is 196 cm³/mol. The Morgan fingerprint density at radius 2 is 0.821 bits per heavy atom. The quantitative estimate of drug-likeness (QED) is 0.175. The number of nitro groups is 3. The van der Waals surface area contributed by atoms with E-state index in [1.165, 1.54) is 42.5 Å². The van der Waals surface area contributed by atoms with Crippen molar-refractivity contribution < 1.29 is 49.9 Å². The monoisotopic (exact) mass is 832 g/mol. The highest BCUT2D eigenvalue weighted by Crippen LogP contribution is 2.32. The lowest BCUT2D eigenvalue weighted by Crippen LogP contribution is -2.39. The first-order valence-corrected chi connectivity index (χ1v) is 20.7. The van der Waals surface area contributed by atoms with Crippen LogP contribution in [0.15, 0.2) is 106 Å². The van der Waals surface area contributed by atoms with Gasteiger partial charge >= 0.3 is 5.97 Å². The summed E-state index contributed by atoms with van der Waals surface area (Å²) < 4.78 is 87.2. The molecule has 1 aliphatic rings. The lowest BCUT2D eigenvalue weighted by atomic mass is 10.1. The van der Waals surface area contributed by atoms with Gasteiger partial charge in [-0.25, -0.2) is 30.0 Å². The summed E-state index contributed by atoms with van der Waals surface area (Å²) >= 11 is 0. The molecule has 56 heavy (non-hydrogen) atoms. The molecule has 4 aromatic rings. The van der Waals surface area contributed by atoms with Gasteiger partial charge < -0.3 is 5.11 Å². The van der Waals surface area contributed by atoms with Crippen LogP contribution in [0.4, 0.5) is 17.1 Å². The van der Waals surface area contributed by atoms with Gasteiger partial charge in [0, 0.05) is 57.5 Å². The Morgan fingerprint density at radius 1 is 0.518 bits per heavy atom. The van der Waals surface area contributed by atoms with Crippen molar-refractivity contribution in [3.05, 3.63) is 138 Å². The highest BCUT2D eigenvalue weighted by Gasteiger charge is 2.36. The number of para-hydroxylation sites is 3. The van der Waals surface area contributed by atoms with E-state index in [4.69, 9.17) is 0 Å². The van der Waals surface area contributed by atoms with Crippen molar-refractivity contribution in [1.82, 2.24) is 12.9 Å². The minimum atomic E-state index is -4.80. The largest absolute Gasteiger partial charge is 0.478 e. The second-order valence-electron chi connectivity index (χ2n) is 12.3. The first-order chi connectivity index (χ1) is 26.3. The van der Waals surface area contributed by atoms with Crippen LogP contribution in [-0.4, -0.2) is 90.2 Å². The Hall–Kier alpha value is -5.72. The Kier molecular flexibility index (Phi) is 12.3. The molecule has 0 aliphatic carbocycles. The van der Waals surface area contributed by atoms with E-state index in [-0.39, 0.29) is 29.5 Å². The van der Waals surface area contributed by atoms with Crippen molar-refractivity contribution in [3.63, 3.8) is 0 Å². The molecule has 2 bridgehead atoms.